The Morgan fingerprint density at radius 2 is 2.10 bits per heavy atom. The predicted octanol–water partition coefficient (Wildman–Crippen LogP) is 0.0402. The van der Waals surface area contributed by atoms with Crippen LogP contribution in [-0.2, 0) is 19.1 Å². The number of carbonyl (C=O) groups is 2. The molecule has 4 N–H and O–H groups in total. The van der Waals surface area contributed by atoms with Gasteiger partial charge < -0.3 is 25.4 Å². The van der Waals surface area contributed by atoms with Crippen molar-refractivity contribution in [3.8, 4) is 0 Å². The fourth-order valence-electron chi connectivity index (χ4n) is 1.93. The number of rotatable bonds is 10. The van der Waals surface area contributed by atoms with E-state index in [2.05, 4.69) is 0 Å². The molecule has 1 rings (SSSR count). The molecule has 1 aliphatic heterocycles. The summed E-state index contributed by atoms with van der Waals surface area (Å²) in [5.74, 6) is -1.66. The molecule has 116 valence electrons. The third-order valence-electron chi connectivity index (χ3n) is 3.22. The summed E-state index contributed by atoms with van der Waals surface area (Å²) < 4.78 is 10.2. The molecule has 0 aromatic heterocycles. The normalized spacial score (nSPS) is 23.9. The van der Waals surface area contributed by atoms with Gasteiger partial charge in [0.2, 0.25) is 0 Å². The van der Waals surface area contributed by atoms with Crippen molar-refractivity contribution in [2.24, 2.45) is 5.73 Å². The fourth-order valence-corrected chi connectivity index (χ4v) is 1.93. The SMILES string of the molecule is CCCC1OC1C(=O)OCCCCC(N)C(O)C(=O)O. The van der Waals surface area contributed by atoms with Gasteiger partial charge in [-0.3, -0.25) is 0 Å². The highest BCUT2D eigenvalue weighted by Gasteiger charge is 2.45. The topological polar surface area (TPSA) is 122 Å². The van der Waals surface area contributed by atoms with E-state index in [1.165, 1.54) is 0 Å². The third-order valence-corrected chi connectivity index (χ3v) is 3.22. The molecule has 20 heavy (non-hydrogen) atoms. The van der Waals surface area contributed by atoms with Crippen LogP contribution in [0, 0.1) is 0 Å². The number of carboxylic acids is 1. The fraction of sp³-hybridized carbons (Fsp3) is 0.846. The third kappa shape index (κ3) is 5.44. The van der Waals surface area contributed by atoms with Crippen LogP contribution < -0.4 is 5.73 Å². The molecule has 0 aromatic rings. The second kappa shape index (κ2) is 8.18. The number of aliphatic carboxylic acids is 1. The zero-order valence-corrected chi connectivity index (χ0v) is 11.7. The van der Waals surface area contributed by atoms with Gasteiger partial charge >= 0.3 is 11.9 Å². The van der Waals surface area contributed by atoms with Crippen LogP contribution in [0.25, 0.3) is 0 Å². The number of hydrogen-bond acceptors (Lipinski definition) is 6. The quantitative estimate of drug-likeness (QED) is 0.295. The van der Waals surface area contributed by atoms with Crippen molar-refractivity contribution in [2.45, 2.75) is 63.4 Å². The number of carboxylic acid groups (broad SMARTS) is 1. The first-order valence-electron chi connectivity index (χ1n) is 6.96. The lowest BCUT2D eigenvalue weighted by atomic mass is 10.1. The molecule has 0 amide bonds. The van der Waals surface area contributed by atoms with Crippen LogP contribution in [0.15, 0.2) is 0 Å². The summed E-state index contributed by atoms with van der Waals surface area (Å²) in [6, 6.07) is -0.802. The van der Waals surface area contributed by atoms with Crippen molar-refractivity contribution >= 4 is 11.9 Å². The van der Waals surface area contributed by atoms with Gasteiger partial charge in [-0.05, 0) is 25.7 Å². The molecule has 7 nitrogen and oxygen atoms in total. The van der Waals surface area contributed by atoms with Gasteiger partial charge in [-0.15, -0.1) is 0 Å². The van der Waals surface area contributed by atoms with Crippen LogP contribution in [0.5, 0.6) is 0 Å². The largest absolute Gasteiger partial charge is 0.479 e. The maximum Gasteiger partial charge on any atom is 0.338 e. The number of ether oxygens (including phenoxy) is 2. The van der Waals surface area contributed by atoms with Crippen molar-refractivity contribution in [3.05, 3.63) is 0 Å². The van der Waals surface area contributed by atoms with Gasteiger partial charge in [0, 0.05) is 6.04 Å². The van der Waals surface area contributed by atoms with E-state index in [4.69, 9.17) is 20.3 Å². The van der Waals surface area contributed by atoms with E-state index in [0.717, 1.165) is 12.8 Å². The summed E-state index contributed by atoms with van der Waals surface area (Å²) in [5.41, 5.74) is 5.51. The second-order valence-electron chi connectivity index (χ2n) is 4.99. The van der Waals surface area contributed by atoms with Gasteiger partial charge in [0.1, 0.15) is 0 Å². The summed E-state index contributed by atoms with van der Waals surface area (Å²) in [6.45, 7) is 2.28. The van der Waals surface area contributed by atoms with E-state index in [-0.39, 0.29) is 18.7 Å². The molecule has 1 saturated heterocycles. The number of hydrogen-bond donors (Lipinski definition) is 3. The Hall–Kier alpha value is -1.18. The number of epoxide rings is 1. The molecule has 4 atom stereocenters. The summed E-state index contributed by atoms with van der Waals surface area (Å²) >= 11 is 0. The lowest BCUT2D eigenvalue weighted by Gasteiger charge is -2.14. The molecule has 0 saturated carbocycles. The number of esters is 1. The molecule has 4 unspecified atom stereocenters. The van der Waals surface area contributed by atoms with Crippen LogP contribution in [0.3, 0.4) is 0 Å². The number of carbonyl (C=O) groups excluding carboxylic acids is 1. The second-order valence-corrected chi connectivity index (χ2v) is 4.99. The molecule has 1 fully saturated rings. The smallest absolute Gasteiger partial charge is 0.338 e. The van der Waals surface area contributed by atoms with Crippen molar-refractivity contribution in [2.75, 3.05) is 6.61 Å². The molecular weight excluding hydrogens is 266 g/mol. The lowest BCUT2D eigenvalue weighted by Crippen LogP contribution is -2.40. The molecular formula is C13H23NO6. The average Bonchev–Trinajstić information content (AvgIpc) is 3.16. The monoisotopic (exact) mass is 289 g/mol. The lowest BCUT2D eigenvalue weighted by molar-refractivity contribution is -0.147. The van der Waals surface area contributed by atoms with Gasteiger partial charge in [-0.1, -0.05) is 13.3 Å². The van der Waals surface area contributed by atoms with E-state index in [0.29, 0.717) is 19.3 Å². The Morgan fingerprint density at radius 3 is 2.70 bits per heavy atom. The first-order valence-corrected chi connectivity index (χ1v) is 6.96. The first kappa shape index (κ1) is 16.9. The Labute approximate surface area is 118 Å². The maximum atomic E-state index is 11.5. The van der Waals surface area contributed by atoms with Gasteiger partial charge in [-0.2, -0.15) is 0 Å². The molecule has 1 heterocycles. The first-order chi connectivity index (χ1) is 9.47. The van der Waals surface area contributed by atoms with Crippen molar-refractivity contribution < 1.29 is 29.3 Å². The Bertz CT molecular complexity index is 335. The van der Waals surface area contributed by atoms with Gasteiger partial charge in [-0.25, -0.2) is 9.59 Å². The molecule has 1 aliphatic rings. The van der Waals surface area contributed by atoms with E-state index < -0.39 is 24.2 Å². The van der Waals surface area contributed by atoms with Crippen LogP contribution in [0.2, 0.25) is 0 Å². The van der Waals surface area contributed by atoms with Gasteiger partial charge in [0.25, 0.3) is 0 Å². The standard InChI is InChI=1S/C13H23NO6/c1-2-5-9-11(20-9)13(18)19-7-4-3-6-8(14)10(15)12(16)17/h8-11,15H,2-7,14H2,1H3,(H,16,17). The van der Waals surface area contributed by atoms with Crippen molar-refractivity contribution in [3.63, 3.8) is 0 Å². The zero-order valence-electron chi connectivity index (χ0n) is 11.7. The highest BCUT2D eigenvalue weighted by molar-refractivity contribution is 5.77. The van der Waals surface area contributed by atoms with E-state index >= 15 is 0 Å². The Kier molecular flexibility index (Phi) is 6.90. The number of aliphatic hydroxyl groups excluding tert-OH is 1. The minimum absolute atomic E-state index is 0.00614. The summed E-state index contributed by atoms with van der Waals surface area (Å²) in [6.07, 6.45) is 1.41. The van der Waals surface area contributed by atoms with Crippen LogP contribution in [0.1, 0.15) is 39.0 Å². The molecule has 0 bridgehead atoms. The number of aliphatic hydroxyl groups is 1. The van der Waals surface area contributed by atoms with E-state index in [1.54, 1.807) is 0 Å². The molecule has 0 radical (unpaired) electrons. The molecule has 0 spiro atoms. The molecule has 0 aliphatic carbocycles. The van der Waals surface area contributed by atoms with Crippen LogP contribution in [0.4, 0.5) is 0 Å². The number of unbranched alkanes of at least 4 members (excludes halogenated alkanes) is 1. The summed E-state index contributed by atoms with van der Waals surface area (Å²) in [5, 5.41) is 17.7. The van der Waals surface area contributed by atoms with E-state index in [9.17, 15) is 14.7 Å². The molecule has 0 aromatic carbocycles. The zero-order chi connectivity index (χ0) is 15.1. The minimum atomic E-state index is -1.55. The van der Waals surface area contributed by atoms with E-state index in [1.807, 2.05) is 6.92 Å². The minimum Gasteiger partial charge on any atom is -0.479 e. The summed E-state index contributed by atoms with van der Waals surface area (Å²) in [4.78, 5) is 22.0. The van der Waals surface area contributed by atoms with Crippen molar-refractivity contribution in [1.29, 1.82) is 0 Å². The molecule has 7 heteroatoms. The van der Waals surface area contributed by atoms with Gasteiger partial charge in [0.15, 0.2) is 12.2 Å². The predicted molar refractivity (Wildman–Crippen MR) is 70.0 cm³/mol. The average molecular weight is 289 g/mol. The highest BCUT2D eigenvalue weighted by Crippen LogP contribution is 2.27. The summed E-state index contributed by atoms with van der Waals surface area (Å²) in [7, 11) is 0. The van der Waals surface area contributed by atoms with Crippen molar-refractivity contribution in [1.82, 2.24) is 0 Å². The Balaban J connectivity index is 2.02. The Morgan fingerprint density at radius 1 is 1.40 bits per heavy atom. The maximum absolute atomic E-state index is 11.5. The van der Waals surface area contributed by atoms with Gasteiger partial charge in [0.05, 0.1) is 12.7 Å². The van der Waals surface area contributed by atoms with Crippen LogP contribution >= 0.6 is 0 Å². The van der Waals surface area contributed by atoms with Crippen LogP contribution in [-0.4, -0.2) is 53.1 Å². The highest BCUT2D eigenvalue weighted by atomic mass is 16.6. The number of nitrogens with two attached hydrogens (primary N) is 1.